The first kappa shape index (κ1) is 15.7. The van der Waals surface area contributed by atoms with Crippen molar-refractivity contribution in [3.05, 3.63) is 69.1 Å². The first-order valence-corrected chi connectivity index (χ1v) is 8.06. The summed E-state index contributed by atoms with van der Waals surface area (Å²) < 4.78 is 5.13. The summed E-state index contributed by atoms with van der Waals surface area (Å²) in [5.41, 5.74) is 3.09. The molecule has 0 aliphatic heterocycles. The Morgan fingerprint density at radius 3 is 2.92 bits per heavy atom. The van der Waals surface area contributed by atoms with E-state index in [1.807, 2.05) is 24.3 Å². The number of halogens is 1. The largest absolute Gasteiger partial charge is 0.390 e. The predicted octanol–water partition coefficient (Wildman–Crippen LogP) is 3.43. The van der Waals surface area contributed by atoms with Gasteiger partial charge >= 0.3 is 0 Å². The lowest BCUT2D eigenvalue weighted by Gasteiger charge is -2.07. The Bertz CT molecular complexity index is 1130. The zero-order valence-corrected chi connectivity index (χ0v) is 13.8. The minimum absolute atomic E-state index is 0.149. The van der Waals surface area contributed by atoms with Crippen LogP contribution in [0.3, 0.4) is 0 Å². The zero-order chi connectivity index (χ0) is 17.4. The molecule has 0 saturated carbocycles. The van der Waals surface area contributed by atoms with E-state index in [9.17, 15) is 9.90 Å². The highest BCUT2D eigenvalue weighted by Gasteiger charge is 2.09. The Morgan fingerprint density at radius 1 is 1.20 bits per heavy atom. The lowest BCUT2D eigenvalue weighted by molar-refractivity contribution is 0.269. The van der Waals surface area contributed by atoms with Crippen molar-refractivity contribution in [2.45, 2.75) is 13.2 Å². The van der Waals surface area contributed by atoms with E-state index in [0.717, 1.165) is 22.0 Å². The van der Waals surface area contributed by atoms with Crippen LogP contribution in [-0.2, 0) is 13.2 Å². The van der Waals surface area contributed by atoms with Crippen molar-refractivity contribution in [1.29, 1.82) is 0 Å². The maximum Gasteiger partial charge on any atom is 0.253 e. The van der Waals surface area contributed by atoms with Crippen molar-refractivity contribution in [3.63, 3.8) is 0 Å². The number of aliphatic hydroxyl groups is 1. The molecule has 4 rings (SSSR count). The van der Waals surface area contributed by atoms with Crippen LogP contribution in [-0.4, -0.2) is 15.2 Å². The fraction of sp³-hybridized carbons (Fsp3) is 0.111. The van der Waals surface area contributed by atoms with Gasteiger partial charge in [0.2, 0.25) is 0 Å². The third kappa shape index (κ3) is 2.97. The summed E-state index contributed by atoms with van der Waals surface area (Å²) in [5, 5.41) is 18.5. The quantitative estimate of drug-likeness (QED) is 0.521. The summed E-state index contributed by atoms with van der Waals surface area (Å²) in [6.07, 6.45) is 0. The van der Waals surface area contributed by atoms with Crippen LogP contribution in [0.1, 0.15) is 11.3 Å². The number of nitrogens with zero attached hydrogens (tertiary/aromatic N) is 1. The summed E-state index contributed by atoms with van der Waals surface area (Å²) >= 11 is 6.01. The van der Waals surface area contributed by atoms with Crippen molar-refractivity contribution in [2.75, 3.05) is 5.32 Å². The second-order valence-electron chi connectivity index (χ2n) is 5.71. The average molecular weight is 356 g/mol. The summed E-state index contributed by atoms with van der Waals surface area (Å²) in [6, 6.07) is 12.6. The van der Waals surface area contributed by atoms with E-state index in [2.05, 4.69) is 15.5 Å². The van der Waals surface area contributed by atoms with Crippen LogP contribution < -0.4 is 10.9 Å². The minimum atomic E-state index is -0.193. The number of aliphatic hydroxyl groups excluding tert-OH is 1. The van der Waals surface area contributed by atoms with E-state index in [4.69, 9.17) is 16.1 Å². The van der Waals surface area contributed by atoms with Gasteiger partial charge in [-0.1, -0.05) is 16.8 Å². The molecule has 2 heterocycles. The van der Waals surface area contributed by atoms with Gasteiger partial charge in [-0.3, -0.25) is 4.79 Å². The summed E-state index contributed by atoms with van der Waals surface area (Å²) in [7, 11) is 0. The molecule has 3 N–H and O–H groups in total. The Kier molecular flexibility index (Phi) is 3.91. The molecule has 0 unspecified atom stereocenters. The maximum atomic E-state index is 12.2. The molecular formula is C18H14ClN3O3. The van der Waals surface area contributed by atoms with Crippen molar-refractivity contribution in [1.82, 2.24) is 10.1 Å². The maximum absolute atomic E-state index is 12.2. The number of nitrogens with one attached hydrogen (secondary N) is 2. The van der Waals surface area contributed by atoms with Gasteiger partial charge in [-0.25, -0.2) is 0 Å². The second kappa shape index (κ2) is 6.23. The first-order chi connectivity index (χ1) is 12.1. The molecule has 0 bridgehead atoms. The molecular weight excluding hydrogens is 342 g/mol. The highest BCUT2D eigenvalue weighted by atomic mass is 35.5. The van der Waals surface area contributed by atoms with Gasteiger partial charge in [0, 0.05) is 39.1 Å². The smallest absolute Gasteiger partial charge is 0.253 e. The summed E-state index contributed by atoms with van der Waals surface area (Å²) in [5.74, 6) is 0. The van der Waals surface area contributed by atoms with Gasteiger partial charge in [-0.15, -0.1) is 0 Å². The van der Waals surface area contributed by atoms with Crippen LogP contribution in [0.2, 0.25) is 5.02 Å². The number of fused-ring (bicyclic) bond motifs is 2. The van der Waals surface area contributed by atoms with Gasteiger partial charge in [0.05, 0.1) is 6.61 Å². The zero-order valence-electron chi connectivity index (χ0n) is 13.0. The van der Waals surface area contributed by atoms with E-state index in [-0.39, 0.29) is 12.2 Å². The fourth-order valence-corrected chi connectivity index (χ4v) is 2.94. The second-order valence-corrected chi connectivity index (χ2v) is 6.14. The van der Waals surface area contributed by atoms with Crippen molar-refractivity contribution in [2.24, 2.45) is 0 Å². The number of aromatic nitrogens is 2. The Morgan fingerprint density at radius 2 is 2.08 bits per heavy atom. The first-order valence-electron chi connectivity index (χ1n) is 7.68. The van der Waals surface area contributed by atoms with Crippen LogP contribution >= 0.6 is 11.6 Å². The van der Waals surface area contributed by atoms with Gasteiger partial charge in [-0.2, -0.15) is 0 Å². The molecule has 25 heavy (non-hydrogen) atoms. The molecule has 0 aliphatic rings. The Balaban J connectivity index is 1.63. The number of aromatic amines is 1. The topological polar surface area (TPSA) is 91.2 Å². The van der Waals surface area contributed by atoms with E-state index < -0.39 is 0 Å². The number of hydrogen-bond acceptors (Lipinski definition) is 5. The van der Waals surface area contributed by atoms with Crippen LogP contribution in [0.15, 0.2) is 51.8 Å². The molecule has 7 heteroatoms. The molecule has 0 atom stereocenters. The van der Waals surface area contributed by atoms with Crippen LogP contribution in [0.4, 0.5) is 5.69 Å². The number of pyridine rings is 1. The average Bonchev–Trinajstić information content (AvgIpc) is 3.02. The lowest BCUT2D eigenvalue weighted by atomic mass is 10.1. The molecule has 4 aromatic rings. The third-order valence-electron chi connectivity index (χ3n) is 4.06. The van der Waals surface area contributed by atoms with Crippen LogP contribution in [0.5, 0.6) is 0 Å². The lowest BCUT2D eigenvalue weighted by Crippen LogP contribution is -2.15. The van der Waals surface area contributed by atoms with E-state index in [1.165, 1.54) is 0 Å². The van der Waals surface area contributed by atoms with Crippen molar-refractivity contribution >= 4 is 39.2 Å². The van der Waals surface area contributed by atoms with Gasteiger partial charge in [-0.05, 0) is 42.5 Å². The third-order valence-corrected chi connectivity index (χ3v) is 4.30. The summed E-state index contributed by atoms with van der Waals surface area (Å²) in [4.78, 5) is 15.1. The van der Waals surface area contributed by atoms with E-state index in [0.29, 0.717) is 28.4 Å². The van der Waals surface area contributed by atoms with Crippen LogP contribution in [0.25, 0.3) is 21.9 Å². The van der Waals surface area contributed by atoms with E-state index >= 15 is 0 Å². The van der Waals surface area contributed by atoms with Crippen LogP contribution in [0, 0.1) is 0 Å². The molecule has 0 saturated heterocycles. The Hall–Kier alpha value is -2.83. The molecule has 0 amide bonds. The van der Waals surface area contributed by atoms with E-state index in [1.54, 1.807) is 18.2 Å². The number of H-pyrrole nitrogens is 1. The van der Waals surface area contributed by atoms with Crippen molar-refractivity contribution in [3.8, 4) is 0 Å². The minimum Gasteiger partial charge on any atom is -0.390 e. The van der Waals surface area contributed by atoms with Crippen molar-refractivity contribution < 1.29 is 9.63 Å². The molecule has 6 nitrogen and oxygen atoms in total. The summed E-state index contributed by atoms with van der Waals surface area (Å²) in [6.45, 7) is 0.157. The SMILES string of the molecule is O=c1[nH]c2ccc(Cl)cc2cc1CNc1ccc2onc(CO)c2c1. The number of benzene rings is 2. The van der Waals surface area contributed by atoms with Gasteiger partial charge in [0.1, 0.15) is 5.69 Å². The molecule has 0 radical (unpaired) electrons. The molecule has 126 valence electrons. The molecule has 0 spiro atoms. The van der Waals surface area contributed by atoms with Gasteiger partial charge in [0.25, 0.3) is 5.56 Å². The molecule has 2 aromatic heterocycles. The number of hydrogen-bond donors (Lipinski definition) is 3. The highest BCUT2D eigenvalue weighted by molar-refractivity contribution is 6.31. The predicted molar refractivity (Wildman–Crippen MR) is 96.8 cm³/mol. The molecule has 2 aromatic carbocycles. The van der Waals surface area contributed by atoms with Gasteiger partial charge < -0.3 is 19.9 Å². The normalized spacial score (nSPS) is 11.3. The Labute approximate surface area is 147 Å². The monoisotopic (exact) mass is 355 g/mol. The number of rotatable bonds is 4. The standard InChI is InChI=1S/C18H14ClN3O3/c19-12-1-3-15-10(6-12)5-11(18(24)21-15)8-20-13-2-4-17-14(7-13)16(9-23)22-25-17/h1-7,20,23H,8-9H2,(H,21,24). The molecule has 0 fully saturated rings. The number of anilines is 1. The fourth-order valence-electron chi connectivity index (χ4n) is 2.76. The highest BCUT2D eigenvalue weighted by Crippen LogP contribution is 2.23. The molecule has 0 aliphatic carbocycles. The van der Waals surface area contributed by atoms with Gasteiger partial charge in [0.15, 0.2) is 5.58 Å².